The van der Waals surface area contributed by atoms with Crippen molar-refractivity contribution in [2.45, 2.75) is 94.9 Å². The Hall–Kier alpha value is -3.66. The average Bonchev–Trinajstić information content (AvgIpc) is 3.29. The van der Waals surface area contributed by atoms with Crippen LogP contribution in [0.2, 0.25) is 0 Å². The third kappa shape index (κ3) is 8.94. The third-order valence-electron chi connectivity index (χ3n) is 9.96. The maximum Gasteiger partial charge on any atom is 0.162 e. The lowest BCUT2D eigenvalue weighted by Crippen LogP contribution is -2.40. The highest BCUT2D eigenvalue weighted by Gasteiger charge is 2.55. The normalized spacial score (nSPS) is 27.0. The Morgan fingerprint density at radius 3 is 1.34 bits per heavy atom. The SMILES string of the molecule is CC(/C=C/C=C(C)/C=C/C(=O)[C@]1(C)CC(=O)CC1(C)C)=C\C=C\C=C(C)\C=C\C=C(C)\C=C\C(=O)[C@]1(C)CCC(=O)C1(C)C. The molecule has 0 aliphatic heterocycles. The van der Waals surface area contributed by atoms with E-state index in [0.717, 1.165) is 22.3 Å². The lowest BCUT2D eigenvalue weighted by molar-refractivity contribution is -0.136. The molecule has 0 aromatic carbocycles. The molecule has 0 spiro atoms. The third-order valence-corrected chi connectivity index (χ3v) is 9.96. The van der Waals surface area contributed by atoms with Gasteiger partial charge in [-0.1, -0.05) is 137 Å². The predicted octanol–water partition coefficient (Wildman–Crippen LogP) is 9.48. The Kier molecular flexibility index (Phi) is 12.4. The number of carbonyl (C=O) groups is 4. The molecule has 0 saturated heterocycles. The smallest absolute Gasteiger partial charge is 0.162 e. The van der Waals surface area contributed by atoms with Crippen LogP contribution in [0.15, 0.2) is 107 Å². The minimum absolute atomic E-state index is 0.0110. The van der Waals surface area contributed by atoms with Crippen molar-refractivity contribution in [3.05, 3.63) is 107 Å². The zero-order valence-corrected chi connectivity index (χ0v) is 28.5. The summed E-state index contributed by atoms with van der Waals surface area (Å²) in [5.74, 6) is 0.345. The summed E-state index contributed by atoms with van der Waals surface area (Å²) in [7, 11) is 0. The van der Waals surface area contributed by atoms with Gasteiger partial charge >= 0.3 is 0 Å². The fourth-order valence-electron chi connectivity index (χ4n) is 5.65. The number of Topliss-reactive ketones (excluding diaryl/α,β-unsaturated/α-hetero) is 2. The maximum atomic E-state index is 12.9. The zero-order valence-electron chi connectivity index (χ0n) is 28.5. The molecule has 0 aromatic heterocycles. The van der Waals surface area contributed by atoms with Crippen molar-refractivity contribution in [2.75, 3.05) is 0 Å². The van der Waals surface area contributed by atoms with E-state index < -0.39 is 16.2 Å². The second-order valence-electron chi connectivity index (χ2n) is 14.1. The van der Waals surface area contributed by atoms with Gasteiger partial charge in [-0.3, -0.25) is 19.2 Å². The van der Waals surface area contributed by atoms with E-state index in [2.05, 4.69) is 0 Å². The van der Waals surface area contributed by atoms with E-state index in [9.17, 15) is 19.2 Å². The first-order valence-corrected chi connectivity index (χ1v) is 15.6. The van der Waals surface area contributed by atoms with Crippen LogP contribution < -0.4 is 0 Å². The molecule has 0 bridgehead atoms. The number of hydrogen-bond acceptors (Lipinski definition) is 4. The highest BCUT2D eigenvalue weighted by atomic mass is 16.1. The Bertz CT molecular complexity index is 1360. The van der Waals surface area contributed by atoms with Crippen LogP contribution in [-0.2, 0) is 19.2 Å². The topological polar surface area (TPSA) is 68.3 Å². The largest absolute Gasteiger partial charge is 0.300 e. The van der Waals surface area contributed by atoms with Crippen LogP contribution >= 0.6 is 0 Å². The van der Waals surface area contributed by atoms with E-state index in [1.807, 2.05) is 142 Å². The fraction of sp³-hybridized carbons (Fsp3) is 0.450. The summed E-state index contributed by atoms with van der Waals surface area (Å²) in [4.78, 5) is 50.0. The van der Waals surface area contributed by atoms with E-state index in [0.29, 0.717) is 25.7 Å². The van der Waals surface area contributed by atoms with Gasteiger partial charge < -0.3 is 0 Å². The van der Waals surface area contributed by atoms with Crippen molar-refractivity contribution in [3.8, 4) is 0 Å². The molecule has 0 N–H and O–H groups in total. The van der Waals surface area contributed by atoms with Crippen LogP contribution in [0.4, 0.5) is 0 Å². The number of allylic oxidation sites excluding steroid dienone is 18. The van der Waals surface area contributed by atoms with Crippen LogP contribution in [0.5, 0.6) is 0 Å². The Morgan fingerprint density at radius 1 is 0.545 bits per heavy atom. The first-order chi connectivity index (χ1) is 20.4. The van der Waals surface area contributed by atoms with Gasteiger partial charge in [-0.25, -0.2) is 0 Å². The monoisotopic (exact) mass is 596 g/mol. The van der Waals surface area contributed by atoms with Gasteiger partial charge in [-0.2, -0.15) is 0 Å². The van der Waals surface area contributed by atoms with Gasteiger partial charge in [0.05, 0.1) is 0 Å². The second kappa shape index (κ2) is 14.9. The van der Waals surface area contributed by atoms with E-state index >= 15 is 0 Å². The van der Waals surface area contributed by atoms with Crippen LogP contribution in [0.1, 0.15) is 94.9 Å². The Morgan fingerprint density at radius 2 is 0.955 bits per heavy atom. The summed E-state index contributed by atoms with van der Waals surface area (Å²) in [6.45, 7) is 19.5. The highest BCUT2D eigenvalue weighted by Crippen LogP contribution is 2.52. The molecule has 0 aromatic rings. The van der Waals surface area contributed by atoms with Crippen molar-refractivity contribution >= 4 is 23.1 Å². The Labute approximate surface area is 265 Å². The molecule has 44 heavy (non-hydrogen) atoms. The quantitative estimate of drug-likeness (QED) is 0.166. The minimum Gasteiger partial charge on any atom is -0.300 e. The molecule has 2 saturated carbocycles. The van der Waals surface area contributed by atoms with E-state index in [1.54, 1.807) is 12.2 Å². The van der Waals surface area contributed by atoms with E-state index in [1.165, 1.54) is 0 Å². The highest BCUT2D eigenvalue weighted by molar-refractivity contribution is 6.03. The molecule has 2 atom stereocenters. The Balaban J connectivity index is 1.88. The fourth-order valence-corrected chi connectivity index (χ4v) is 5.65. The summed E-state index contributed by atoms with van der Waals surface area (Å²) in [6.07, 6.45) is 28.6. The van der Waals surface area contributed by atoms with Gasteiger partial charge in [0.2, 0.25) is 0 Å². The summed E-state index contributed by atoms with van der Waals surface area (Å²) >= 11 is 0. The molecule has 0 heterocycles. The molecule has 4 heteroatoms. The first-order valence-electron chi connectivity index (χ1n) is 15.6. The summed E-state index contributed by atoms with van der Waals surface area (Å²) < 4.78 is 0. The van der Waals surface area contributed by atoms with Crippen molar-refractivity contribution in [1.82, 2.24) is 0 Å². The molecule has 0 amide bonds. The molecule has 236 valence electrons. The summed E-state index contributed by atoms with van der Waals surface area (Å²) in [6, 6.07) is 0. The lowest BCUT2D eigenvalue weighted by atomic mass is 9.66. The molecule has 2 aliphatic carbocycles. The second-order valence-corrected chi connectivity index (χ2v) is 14.1. The van der Waals surface area contributed by atoms with Crippen molar-refractivity contribution in [2.24, 2.45) is 21.7 Å². The van der Waals surface area contributed by atoms with Gasteiger partial charge in [0.25, 0.3) is 0 Å². The number of carbonyl (C=O) groups excluding carboxylic acids is 4. The maximum absolute atomic E-state index is 12.9. The molecular formula is C40H52O4. The predicted molar refractivity (Wildman–Crippen MR) is 183 cm³/mol. The van der Waals surface area contributed by atoms with E-state index in [-0.39, 0.29) is 28.5 Å². The van der Waals surface area contributed by atoms with E-state index in [4.69, 9.17) is 0 Å². The van der Waals surface area contributed by atoms with Gasteiger partial charge in [-0.05, 0) is 51.7 Å². The number of rotatable bonds is 12. The molecule has 2 fully saturated rings. The van der Waals surface area contributed by atoms with Crippen molar-refractivity contribution in [3.63, 3.8) is 0 Å². The van der Waals surface area contributed by atoms with Crippen molar-refractivity contribution in [1.29, 1.82) is 0 Å². The summed E-state index contributed by atoms with van der Waals surface area (Å²) in [5.41, 5.74) is 1.86. The van der Waals surface area contributed by atoms with Gasteiger partial charge in [-0.15, -0.1) is 0 Å². The van der Waals surface area contributed by atoms with Crippen LogP contribution in [-0.4, -0.2) is 23.1 Å². The standard InChI is InChI=1S/C40H52O4/c1-29(17-13-19-31(3)21-23-35(43)39(9)26-25-34(42)38(39,7)8)15-11-12-16-30(2)18-14-20-32(4)22-24-36(44)40(10)28-33(41)27-37(40,5)6/h11-24H,25-28H2,1-10H3/b12-11+,17-13+,18-14+,23-21+,24-22+,29-15+,30-16+,31-19+,32-20+/t39-,40-/m0/s1. The summed E-state index contributed by atoms with van der Waals surface area (Å²) in [5, 5.41) is 0. The average molecular weight is 597 g/mol. The molecule has 2 aliphatic rings. The zero-order chi connectivity index (χ0) is 33.3. The van der Waals surface area contributed by atoms with Crippen LogP contribution in [0.3, 0.4) is 0 Å². The van der Waals surface area contributed by atoms with Crippen LogP contribution in [0, 0.1) is 21.7 Å². The lowest BCUT2D eigenvalue weighted by Gasteiger charge is -2.35. The molecule has 4 nitrogen and oxygen atoms in total. The molecule has 0 radical (unpaired) electrons. The number of hydrogen-bond donors (Lipinski definition) is 0. The minimum atomic E-state index is -0.644. The van der Waals surface area contributed by atoms with Gasteiger partial charge in [0.15, 0.2) is 11.6 Å². The number of ketones is 4. The van der Waals surface area contributed by atoms with Gasteiger partial charge in [0, 0.05) is 35.5 Å². The molecule has 2 rings (SSSR count). The first kappa shape index (κ1) is 36.5. The van der Waals surface area contributed by atoms with Gasteiger partial charge in [0.1, 0.15) is 11.6 Å². The van der Waals surface area contributed by atoms with Crippen molar-refractivity contribution < 1.29 is 19.2 Å². The molecule has 0 unspecified atom stereocenters. The van der Waals surface area contributed by atoms with Crippen LogP contribution in [0.25, 0.3) is 0 Å². The molecular weight excluding hydrogens is 544 g/mol.